The van der Waals surface area contributed by atoms with E-state index in [1.165, 1.54) is 36.4 Å². The summed E-state index contributed by atoms with van der Waals surface area (Å²) in [6.45, 7) is -3.52. The summed E-state index contributed by atoms with van der Waals surface area (Å²) in [7, 11) is 1.13. The van der Waals surface area contributed by atoms with Crippen molar-refractivity contribution in [2.75, 3.05) is 19.0 Å². The monoisotopic (exact) mass is 396 g/mol. The normalized spacial score (nSPS) is 10.3. The highest BCUT2D eigenvalue weighted by Crippen LogP contribution is 2.28. The van der Waals surface area contributed by atoms with Crippen LogP contribution in [-0.4, -0.2) is 37.1 Å². The van der Waals surface area contributed by atoms with Crippen molar-refractivity contribution >= 4 is 23.3 Å². The van der Waals surface area contributed by atoms with Gasteiger partial charge in [0.25, 0.3) is 5.91 Å². The van der Waals surface area contributed by atoms with Gasteiger partial charge < -0.3 is 19.5 Å². The van der Waals surface area contributed by atoms with Crippen LogP contribution in [0.15, 0.2) is 42.5 Å². The van der Waals surface area contributed by atoms with E-state index >= 15 is 0 Å². The molecule has 0 spiro atoms. The standard InChI is InChI=1S/C17H14F2N2O7/c1-26-16(23)10-2-7-14(13(8-10)21(24)25)27-9-15(22)20-11-3-5-12(6-4-11)28-17(18)19/h2-8,17H,9H2,1H3,(H,20,22). The van der Waals surface area contributed by atoms with Crippen LogP contribution in [0.1, 0.15) is 10.4 Å². The second-order valence-electron chi connectivity index (χ2n) is 5.17. The molecule has 2 aromatic carbocycles. The van der Waals surface area contributed by atoms with E-state index in [1.807, 2.05) is 0 Å². The third-order valence-corrected chi connectivity index (χ3v) is 3.30. The molecular weight excluding hydrogens is 382 g/mol. The number of nitro benzene ring substituents is 1. The number of nitrogens with zero attached hydrogens (tertiary/aromatic N) is 1. The molecule has 11 heteroatoms. The molecule has 0 atom stereocenters. The predicted octanol–water partition coefficient (Wildman–Crippen LogP) is 3.00. The van der Waals surface area contributed by atoms with Gasteiger partial charge >= 0.3 is 18.3 Å². The van der Waals surface area contributed by atoms with Crippen LogP contribution in [0.2, 0.25) is 0 Å². The SMILES string of the molecule is COC(=O)c1ccc(OCC(=O)Nc2ccc(OC(F)F)cc2)c([N+](=O)[O-])c1. The van der Waals surface area contributed by atoms with Gasteiger partial charge in [-0.3, -0.25) is 14.9 Å². The van der Waals surface area contributed by atoms with E-state index in [4.69, 9.17) is 4.74 Å². The Morgan fingerprint density at radius 1 is 1.18 bits per heavy atom. The maximum absolute atomic E-state index is 12.1. The Hall–Kier alpha value is -3.76. The zero-order chi connectivity index (χ0) is 20.7. The smallest absolute Gasteiger partial charge is 0.387 e. The number of hydrogen-bond donors (Lipinski definition) is 1. The fourth-order valence-electron chi connectivity index (χ4n) is 2.09. The van der Waals surface area contributed by atoms with Gasteiger partial charge in [0.2, 0.25) is 0 Å². The van der Waals surface area contributed by atoms with E-state index in [0.717, 1.165) is 13.2 Å². The van der Waals surface area contributed by atoms with E-state index < -0.39 is 35.7 Å². The zero-order valence-electron chi connectivity index (χ0n) is 14.4. The molecule has 0 fully saturated rings. The highest BCUT2D eigenvalue weighted by molar-refractivity contribution is 5.92. The van der Waals surface area contributed by atoms with Crippen LogP contribution in [0.5, 0.6) is 11.5 Å². The van der Waals surface area contributed by atoms with Crippen molar-refractivity contribution in [1.82, 2.24) is 0 Å². The number of carbonyl (C=O) groups is 2. The summed E-state index contributed by atoms with van der Waals surface area (Å²) in [6.07, 6.45) is 0. The molecule has 0 aromatic heterocycles. The number of esters is 1. The highest BCUT2D eigenvalue weighted by atomic mass is 19.3. The van der Waals surface area contributed by atoms with Gasteiger partial charge in [-0.15, -0.1) is 0 Å². The molecule has 28 heavy (non-hydrogen) atoms. The van der Waals surface area contributed by atoms with Crippen LogP contribution < -0.4 is 14.8 Å². The lowest BCUT2D eigenvalue weighted by molar-refractivity contribution is -0.385. The number of alkyl halides is 2. The lowest BCUT2D eigenvalue weighted by Crippen LogP contribution is -2.20. The Morgan fingerprint density at radius 2 is 1.86 bits per heavy atom. The molecule has 0 radical (unpaired) electrons. The minimum atomic E-state index is -2.96. The Labute approximate surface area is 157 Å². The molecule has 1 N–H and O–H groups in total. The third-order valence-electron chi connectivity index (χ3n) is 3.30. The quantitative estimate of drug-likeness (QED) is 0.414. The largest absolute Gasteiger partial charge is 0.477 e. The van der Waals surface area contributed by atoms with Crippen LogP contribution in [0, 0.1) is 10.1 Å². The molecule has 9 nitrogen and oxygen atoms in total. The zero-order valence-corrected chi connectivity index (χ0v) is 14.4. The van der Waals surface area contributed by atoms with Gasteiger partial charge in [0.05, 0.1) is 17.6 Å². The molecule has 2 rings (SSSR count). The molecule has 2 aromatic rings. The molecule has 0 aliphatic heterocycles. The molecule has 0 aliphatic rings. The molecular formula is C17H14F2N2O7. The van der Waals surface area contributed by atoms with Crippen LogP contribution in [-0.2, 0) is 9.53 Å². The van der Waals surface area contributed by atoms with Gasteiger partial charge in [0, 0.05) is 11.8 Å². The summed E-state index contributed by atoms with van der Waals surface area (Å²) in [5, 5.41) is 13.6. The second-order valence-corrected chi connectivity index (χ2v) is 5.17. The number of nitro groups is 1. The summed E-state index contributed by atoms with van der Waals surface area (Å²) in [5.74, 6) is -1.69. The molecule has 1 amide bonds. The number of rotatable bonds is 8. The Balaban J connectivity index is 2.00. The van der Waals surface area contributed by atoms with Crippen molar-refractivity contribution in [3.63, 3.8) is 0 Å². The van der Waals surface area contributed by atoms with Crippen molar-refractivity contribution < 1.29 is 37.5 Å². The summed E-state index contributed by atoms with van der Waals surface area (Å²) in [6, 6.07) is 8.55. The predicted molar refractivity (Wildman–Crippen MR) is 91.6 cm³/mol. The molecule has 0 bridgehead atoms. The molecule has 148 valence electrons. The Kier molecular flexibility index (Phi) is 6.79. The first kappa shape index (κ1) is 20.6. The Morgan fingerprint density at radius 3 is 2.43 bits per heavy atom. The third kappa shape index (κ3) is 5.62. The molecule has 0 aliphatic carbocycles. The van der Waals surface area contributed by atoms with Crippen molar-refractivity contribution in [1.29, 1.82) is 0 Å². The van der Waals surface area contributed by atoms with Gasteiger partial charge in [-0.1, -0.05) is 0 Å². The van der Waals surface area contributed by atoms with E-state index in [2.05, 4.69) is 14.8 Å². The van der Waals surface area contributed by atoms with Gasteiger partial charge in [-0.25, -0.2) is 4.79 Å². The number of nitrogens with one attached hydrogen (secondary N) is 1. The first-order valence-corrected chi connectivity index (χ1v) is 7.64. The van der Waals surface area contributed by atoms with E-state index in [-0.39, 0.29) is 22.7 Å². The van der Waals surface area contributed by atoms with Crippen molar-refractivity contribution in [3.05, 3.63) is 58.1 Å². The first-order valence-electron chi connectivity index (χ1n) is 7.64. The molecule has 0 heterocycles. The number of anilines is 1. The van der Waals surface area contributed by atoms with Gasteiger partial charge in [0.15, 0.2) is 12.4 Å². The minimum absolute atomic E-state index is 0.0443. The lowest BCUT2D eigenvalue weighted by atomic mass is 10.2. The average molecular weight is 396 g/mol. The molecule has 0 saturated carbocycles. The fourth-order valence-corrected chi connectivity index (χ4v) is 2.09. The van der Waals surface area contributed by atoms with Gasteiger partial charge in [-0.2, -0.15) is 8.78 Å². The number of hydrogen-bond acceptors (Lipinski definition) is 7. The van der Waals surface area contributed by atoms with Crippen LogP contribution >= 0.6 is 0 Å². The maximum atomic E-state index is 12.1. The van der Waals surface area contributed by atoms with E-state index in [1.54, 1.807) is 0 Å². The average Bonchev–Trinajstić information content (AvgIpc) is 2.66. The second kappa shape index (κ2) is 9.26. The number of carbonyl (C=O) groups excluding carboxylic acids is 2. The summed E-state index contributed by atoms with van der Waals surface area (Å²) < 4.78 is 38.0. The number of ether oxygens (including phenoxy) is 3. The van der Waals surface area contributed by atoms with E-state index in [0.29, 0.717) is 0 Å². The number of halogens is 2. The van der Waals surface area contributed by atoms with Crippen LogP contribution in [0.25, 0.3) is 0 Å². The molecule has 0 saturated heterocycles. The maximum Gasteiger partial charge on any atom is 0.387 e. The molecule has 0 unspecified atom stereocenters. The van der Waals surface area contributed by atoms with Crippen LogP contribution in [0.4, 0.5) is 20.2 Å². The van der Waals surface area contributed by atoms with Crippen molar-refractivity contribution in [2.45, 2.75) is 6.61 Å². The van der Waals surface area contributed by atoms with Gasteiger partial charge in [0.1, 0.15) is 5.75 Å². The minimum Gasteiger partial charge on any atom is -0.477 e. The summed E-state index contributed by atoms with van der Waals surface area (Å²) in [5.41, 5.74) is -0.271. The van der Waals surface area contributed by atoms with Crippen molar-refractivity contribution in [2.24, 2.45) is 0 Å². The van der Waals surface area contributed by atoms with Crippen LogP contribution in [0.3, 0.4) is 0 Å². The fraction of sp³-hybridized carbons (Fsp3) is 0.176. The topological polar surface area (TPSA) is 117 Å². The number of amides is 1. The lowest BCUT2D eigenvalue weighted by Gasteiger charge is -2.09. The first-order chi connectivity index (χ1) is 13.3. The summed E-state index contributed by atoms with van der Waals surface area (Å²) >= 11 is 0. The Bertz CT molecular complexity index is 872. The number of methoxy groups -OCH3 is 1. The highest BCUT2D eigenvalue weighted by Gasteiger charge is 2.20. The van der Waals surface area contributed by atoms with E-state index in [9.17, 15) is 28.5 Å². The summed E-state index contributed by atoms with van der Waals surface area (Å²) in [4.78, 5) is 33.7. The van der Waals surface area contributed by atoms with Crippen molar-refractivity contribution in [3.8, 4) is 11.5 Å². The van der Waals surface area contributed by atoms with Gasteiger partial charge in [-0.05, 0) is 36.4 Å². The number of benzene rings is 2.